The van der Waals surface area contributed by atoms with E-state index < -0.39 is 34.4 Å². The molecule has 2 saturated heterocycles. The molecule has 4 aliphatic rings. The molecule has 0 bridgehead atoms. The number of likely N-dealkylation sites (N-methyl/N-ethyl adjacent to an activating group) is 1. The van der Waals surface area contributed by atoms with E-state index in [0.717, 1.165) is 42.3 Å². The molecule has 70 heavy (non-hydrogen) atoms. The van der Waals surface area contributed by atoms with Crippen molar-refractivity contribution >= 4 is 27.7 Å². The molecular formula is C52H55F2N11O5. The van der Waals surface area contributed by atoms with Crippen molar-refractivity contribution in [2.24, 2.45) is 13.0 Å². The van der Waals surface area contributed by atoms with E-state index in [0.29, 0.717) is 70.4 Å². The van der Waals surface area contributed by atoms with Gasteiger partial charge in [-0.2, -0.15) is 10.2 Å². The van der Waals surface area contributed by atoms with Crippen LogP contribution in [-0.4, -0.2) is 91.5 Å². The van der Waals surface area contributed by atoms with Crippen LogP contribution in [0.3, 0.4) is 0 Å². The molecular weight excluding hydrogens is 897 g/mol. The van der Waals surface area contributed by atoms with Crippen molar-refractivity contribution in [3.8, 4) is 17.2 Å². The van der Waals surface area contributed by atoms with Crippen molar-refractivity contribution < 1.29 is 22.8 Å². The summed E-state index contributed by atoms with van der Waals surface area (Å²) in [7, 11) is 3.77. The Balaban J connectivity index is 1.07. The van der Waals surface area contributed by atoms with Gasteiger partial charge in [-0.1, -0.05) is 18.1 Å². The number of nitrogens with one attached hydrogen (secondary N) is 1. The number of hydrogen-bond donors (Lipinski definition) is 1. The second kappa shape index (κ2) is 15.3. The first kappa shape index (κ1) is 44.3. The van der Waals surface area contributed by atoms with E-state index in [4.69, 9.17) is 14.4 Å². The van der Waals surface area contributed by atoms with E-state index >= 15 is 18.4 Å². The number of aromatic nitrogens is 9. The number of carbonyl (C=O) groups excluding carboxylic acids is 1. The molecule has 1 aliphatic carbocycles. The maximum Gasteiger partial charge on any atom is 0.438 e. The molecule has 5 atom stereocenters. The van der Waals surface area contributed by atoms with Gasteiger partial charge in [0, 0.05) is 49.1 Å². The van der Waals surface area contributed by atoms with Crippen LogP contribution < -0.4 is 11.4 Å². The predicted molar refractivity (Wildman–Crippen MR) is 257 cm³/mol. The molecule has 16 nitrogen and oxygen atoms in total. The van der Waals surface area contributed by atoms with E-state index in [1.807, 2.05) is 24.9 Å². The second-order valence-corrected chi connectivity index (χ2v) is 20.9. The fourth-order valence-electron chi connectivity index (χ4n) is 12.4. The zero-order valence-electron chi connectivity index (χ0n) is 40.5. The topological polar surface area (TPSA) is 159 Å². The van der Waals surface area contributed by atoms with Crippen LogP contribution in [0, 0.1) is 31.4 Å². The highest BCUT2D eigenvalue weighted by Gasteiger charge is 2.60. The summed E-state index contributed by atoms with van der Waals surface area (Å²) in [4.78, 5) is 50.8. The van der Waals surface area contributed by atoms with Gasteiger partial charge in [-0.3, -0.25) is 33.0 Å². The molecule has 5 aromatic heterocycles. The predicted octanol–water partition coefficient (Wildman–Crippen LogP) is 7.82. The number of amides is 1. The SMILES string of the molecule is Cc1cc(-n2nc3c(c2-n2ccn(-c4ccc5c(cnn5C)c4F)c2=O)[C@H](C)N(C(=O)c2cc4cc([C@H]5CCOC(C)(C)C5)ccc4n2[C@@]2(c4noc(=O)[nH]4)C[C@@H]2C)CC32CCCN2C)cc(C)c1F. The summed E-state index contributed by atoms with van der Waals surface area (Å²) in [6.45, 7) is 13.3. The van der Waals surface area contributed by atoms with Gasteiger partial charge in [0.25, 0.3) is 5.91 Å². The number of aromatic amines is 1. The van der Waals surface area contributed by atoms with Gasteiger partial charge in [0.2, 0.25) is 0 Å². The van der Waals surface area contributed by atoms with Gasteiger partial charge in [0.1, 0.15) is 22.9 Å². The van der Waals surface area contributed by atoms with E-state index in [9.17, 15) is 4.79 Å². The highest BCUT2D eigenvalue weighted by atomic mass is 19.1. The maximum atomic E-state index is 16.4. The fourth-order valence-corrected chi connectivity index (χ4v) is 12.4. The molecule has 1 unspecified atom stereocenters. The lowest BCUT2D eigenvalue weighted by Crippen LogP contribution is -2.55. The Kier molecular flexibility index (Phi) is 9.68. The third-order valence-corrected chi connectivity index (χ3v) is 16.2. The third-order valence-electron chi connectivity index (χ3n) is 16.2. The molecule has 8 aromatic rings. The first-order chi connectivity index (χ1) is 33.4. The Bertz CT molecular complexity index is 3580. The number of halogens is 2. The van der Waals surface area contributed by atoms with Gasteiger partial charge in [-0.05, 0) is 151 Å². The van der Waals surface area contributed by atoms with E-state index in [-0.39, 0.29) is 46.8 Å². The number of ether oxygens (including phenoxy) is 1. The number of H-pyrrole nitrogens is 1. The summed E-state index contributed by atoms with van der Waals surface area (Å²) >= 11 is 0. The molecule has 3 aliphatic heterocycles. The number of hydrogen-bond acceptors (Lipinski definition) is 9. The molecule has 362 valence electrons. The largest absolute Gasteiger partial charge is 0.438 e. The summed E-state index contributed by atoms with van der Waals surface area (Å²) in [5.74, 6) is -0.929. The summed E-state index contributed by atoms with van der Waals surface area (Å²) in [6, 6.07) is 14.4. The normalized spacial score (nSPS) is 24.4. The zero-order valence-corrected chi connectivity index (χ0v) is 40.5. The molecule has 12 rings (SSSR count). The number of imidazole rings is 1. The van der Waals surface area contributed by atoms with Crippen LogP contribution in [0.5, 0.6) is 0 Å². The van der Waals surface area contributed by atoms with Crippen LogP contribution in [0.25, 0.3) is 39.0 Å². The lowest BCUT2D eigenvalue weighted by Gasteiger charge is -2.46. The van der Waals surface area contributed by atoms with Crippen molar-refractivity contribution in [3.63, 3.8) is 0 Å². The number of aryl methyl sites for hydroxylation is 3. The molecule has 0 radical (unpaired) electrons. The first-order valence-corrected chi connectivity index (χ1v) is 24.1. The van der Waals surface area contributed by atoms with Crippen LogP contribution in [0.15, 0.2) is 81.2 Å². The van der Waals surface area contributed by atoms with Gasteiger partial charge in [0.05, 0.1) is 51.4 Å². The van der Waals surface area contributed by atoms with Gasteiger partial charge >= 0.3 is 11.4 Å². The van der Waals surface area contributed by atoms with Gasteiger partial charge < -0.3 is 14.2 Å². The Morgan fingerprint density at radius 1 is 0.929 bits per heavy atom. The molecule has 8 heterocycles. The molecule has 1 amide bonds. The van der Waals surface area contributed by atoms with E-state index in [1.165, 1.54) is 21.5 Å². The van der Waals surface area contributed by atoms with Crippen molar-refractivity contribution in [2.75, 3.05) is 26.7 Å². The molecule has 3 fully saturated rings. The molecule has 1 N–H and O–H groups in total. The number of fused-ring (bicyclic) bond motifs is 4. The lowest BCUT2D eigenvalue weighted by atomic mass is 9.82. The van der Waals surface area contributed by atoms with Crippen LogP contribution in [-0.2, 0) is 22.9 Å². The number of benzene rings is 3. The number of carbonyl (C=O) groups is 1. The summed E-state index contributed by atoms with van der Waals surface area (Å²) in [6.07, 6.45) is 8.37. The highest BCUT2D eigenvalue weighted by molar-refractivity contribution is 6.00. The maximum absolute atomic E-state index is 16.4. The summed E-state index contributed by atoms with van der Waals surface area (Å²) in [5, 5.41) is 15.0. The minimum atomic E-state index is -0.883. The standard InChI is InChI=1S/C52H55F2N11O5/c1-28-20-35(21-29(2)42(28)53)65-45(62-18-17-61(49(62)68)39-13-12-38-36(43(39)54)26-55-60(38)8)41-31(4)63(27-51(44(41)57-65)15-9-16-59(51)7)46(66)40-23-34-22-32(33-14-19-69-50(5,6)25-33)10-11-37(34)64(40)52(24-30(52)3)47-56-48(67)70-58-47/h10-13,17-18,20-23,26,30-31,33H,9,14-16,19,24-25,27H2,1-8H3,(H,56,58,67)/t30-,31-,33-,51?,52-/m0/s1. The first-order valence-electron chi connectivity index (χ1n) is 24.1. The lowest BCUT2D eigenvalue weighted by molar-refractivity contribution is -0.0592. The minimum Gasteiger partial charge on any atom is -0.376 e. The van der Waals surface area contributed by atoms with Gasteiger partial charge in [0.15, 0.2) is 11.6 Å². The third kappa shape index (κ3) is 6.30. The number of rotatable bonds is 7. The Morgan fingerprint density at radius 2 is 1.67 bits per heavy atom. The van der Waals surface area contributed by atoms with E-state index in [1.54, 1.807) is 60.7 Å². The van der Waals surface area contributed by atoms with Crippen molar-refractivity contribution in [1.29, 1.82) is 0 Å². The molecule has 1 saturated carbocycles. The highest BCUT2D eigenvalue weighted by Crippen LogP contribution is 2.57. The molecule has 3 aromatic carbocycles. The molecule has 18 heteroatoms. The average Bonchev–Trinajstić information content (AvgIpc) is 4.05. The summed E-state index contributed by atoms with van der Waals surface area (Å²) in [5.41, 5.74) is 3.17. The van der Waals surface area contributed by atoms with Crippen molar-refractivity contribution in [2.45, 2.75) is 102 Å². The Hall–Kier alpha value is -6.92. The van der Waals surface area contributed by atoms with Crippen LogP contribution >= 0.6 is 0 Å². The van der Waals surface area contributed by atoms with Gasteiger partial charge in [-0.25, -0.2) is 23.1 Å². The smallest absolute Gasteiger partial charge is 0.376 e. The van der Waals surface area contributed by atoms with Crippen molar-refractivity contribution in [3.05, 3.63) is 139 Å². The Morgan fingerprint density at radius 3 is 2.36 bits per heavy atom. The average molecular weight is 952 g/mol. The number of nitrogens with zero attached hydrogens (tertiary/aromatic N) is 10. The van der Waals surface area contributed by atoms with Crippen LogP contribution in [0.2, 0.25) is 0 Å². The fraction of sp³-hybridized carbons (Fsp3) is 0.423. The summed E-state index contributed by atoms with van der Waals surface area (Å²) < 4.78 is 51.0. The second-order valence-electron chi connectivity index (χ2n) is 20.9. The monoisotopic (exact) mass is 951 g/mol. The minimum absolute atomic E-state index is 0.0175. The van der Waals surface area contributed by atoms with Crippen molar-refractivity contribution in [1.82, 2.24) is 53.2 Å². The quantitative estimate of drug-likeness (QED) is 0.168. The number of likely N-dealkylation sites (tertiary alicyclic amines) is 1. The van der Waals surface area contributed by atoms with Gasteiger partial charge in [-0.15, -0.1) is 0 Å². The van der Waals surface area contributed by atoms with Crippen LogP contribution in [0.1, 0.15) is 116 Å². The van der Waals surface area contributed by atoms with E-state index in [2.05, 4.69) is 63.7 Å². The van der Waals surface area contributed by atoms with Crippen LogP contribution in [0.4, 0.5) is 8.78 Å². The zero-order chi connectivity index (χ0) is 48.9. The molecule has 1 spiro atoms. The Labute approximate surface area is 401 Å².